The summed E-state index contributed by atoms with van der Waals surface area (Å²) in [6, 6.07) is 18.6. The van der Waals surface area contributed by atoms with E-state index in [9.17, 15) is 4.79 Å². The molecule has 0 atom stereocenters. The van der Waals surface area contributed by atoms with Crippen molar-refractivity contribution in [1.82, 2.24) is 4.90 Å². The van der Waals surface area contributed by atoms with Crippen molar-refractivity contribution in [2.75, 3.05) is 18.0 Å². The molecule has 1 heterocycles. The van der Waals surface area contributed by atoms with Crippen LogP contribution in [0.2, 0.25) is 0 Å². The molecule has 2 aromatic rings. The van der Waals surface area contributed by atoms with Gasteiger partial charge < -0.3 is 4.90 Å². The van der Waals surface area contributed by atoms with Crippen molar-refractivity contribution in [2.45, 2.75) is 32.9 Å². The van der Waals surface area contributed by atoms with Gasteiger partial charge in [-0.3, -0.25) is 9.69 Å². The Labute approximate surface area is 138 Å². The lowest BCUT2D eigenvalue weighted by Gasteiger charge is -2.32. The normalized spacial score (nSPS) is 14.6. The van der Waals surface area contributed by atoms with E-state index in [1.54, 1.807) is 0 Å². The number of nitrogens with zero attached hydrogens (tertiary/aromatic N) is 2. The Balaban J connectivity index is 1.71. The number of carbonyl (C=O) groups is 1. The van der Waals surface area contributed by atoms with Crippen LogP contribution in [0.1, 0.15) is 25.0 Å². The number of rotatable bonds is 4. The Morgan fingerprint density at radius 3 is 2.39 bits per heavy atom. The average molecular weight is 308 g/mol. The molecule has 3 heteroatoms. The molecule has 0 spiro atoms. The summed E-state index contributed by atoms with van der Waals surface area (Å²) in [5.74, 6) is 0.172. The van der Waals surface area contributed by atoms with Crippen LogP contribution in [0.25, 0.3) is 0 Å². The summed E-state index contributed by atoms with van der Waals surface area (Å²) in [6.45, 7) is 6.42. The maximum absolute atomic E-state index is 12.8. The molecule has 120 valence electrons. The lowest BCUT2D eigenvalue weighted by atomic mass is 10.00. The fourth-order valence-corrected chi connectivity index (χ4v) is 3.28. The van der Waals surface area contributed by atoms with Gasteiger partial charge in [-0.05, 0) is 43.5 Å². The molecular formula is C20H24N2O. The smallest absolute Gasteiger partial charge is 0.241 e. The molecule has 2 aromatic carbocycles. The largest absolute Gasteiger partial charge is 0.309 e. The van der Waals surface area contributed by atoms with Crippen molar-refractivity contribution in [3.63, 3.8) is 0 Å². The zero-order chi connectivity index (χ0) is 16.2. The molecule has 1 amide bonds. The van der Waals surface area contributed by atoms with Gasteiger partial charge in [0.2, 0.25) is 5.91 Å². The Bertz CT molecular complexity index is 666. The molecule has 0 bridgehead atoms. The molecule has 0 saturated carbocycles. The summed E-state index contributed by atoms with van der Waals surface area (Å²) >= 11 is 0. The predicted molar refractivity (Wildman–Crippen MR) is 94.5 cm³/mol. The van der Waals surface area contributed by atoms with E-state index in [2.05, 4.69) is 43.0 Å². The maximum Gasteiger partial charge on any atom is 0.241 e. The number of amides is 1. The molecule has 1 aliphatic heterocycles. The highest BCUT2D eigenvalue weighted by atomic mass is 16.2. The van der Waals surface area contributed by atoms with Crippen LogP contribution in [0, 0.1) is 0 Å². The summed E-state index contributed by atoms with van der Waals surface area (Å²) < 4.78 is 0. The van der Waals surface area contributed by atoms with Crippen LogP contribution in [0.3, 0.4) is 0 Å². The highest BCUT2D eigenvalue weighted by Crippen LogP contribution is 2.20. The number of benzene rings is 2. The van der Waals surface area contributed by atoms with Gasteiger partial charge in [0.25, 0.3) is 0 Å². The number of hydrogen-bond donors (Lipinski definition) is 0. The van der Waals surface area contributed by atoms with E-state index in [1.165, 1.54) is 11.1 Å². The Morgan fingerprint density at radius 2 is 1.70 bits per heavy atom. The third-order valence-corrected chi connectivity index (χ3v) is 4.39. The second-order valence-electron chi connectivity index (χ2n) is 6.42. The van der Waals surface area contributed by atoms with Gasteiger partial charge in [-0.2, -0.15) is 0 Å². The summed E-state index contributed by atoms with van der Waals surface area (Å²) in [6.07, 6.45) is 1.02. The van der Waals surface area contributed by atoms with Crippen molar-refractivity contribution >= 4 is 11.6 Å². The van der Waals surface area contributed by atoms with Gasteiger partial charge in [-0.25, -0.2) is 0 Å². The topological polar surface area (TPSA) is 23.6 Å². The molecular weight excluding hydrogens is 284 g/mol. The molecule has 0 saturated heterocycles. The second-order valence-corrected chi connectivity index (χ2v) is 6.42. The van der Waals surface area contributed by atoms with Gasteiger partial charge in [0.15, 0.2) is 0 Å². The summed E-state index contributed by atoms with van der Waals surface area (Å²) in [4.78, 5) is 17.0. The van der Waals surface area contributed by atoms with E-state index >= 15 is 0 Å². The number of para-hydroxylation sites is 1. The molecule has 1 aliphatic rings. The standard InChI is InChI=1S/C20H24N2O/c1-16(2)22(19-10-4-3-5-11-19)20(23)15-21-13-12-17-8-6-7-9-18(17)14-21/h3-11,16H,12-15H2,1-2H3. The first kappa shape index (κ1) is 15.8. The zero-order valence-corrected chi connectivity index (χ0v) is 13.9. The van der Waals surface area contributed by atoms with Gasteiger partial charge in [0.05, 0.1) is 6.54 Å². The van der Waals surface area contributed by atoms with Gasteiger partial charge in [0, 0.05) is 24.8 Å². The highest BCUT2D eigenvalue weighted by molar-refractivity contribution is 5.95. The molecule has 3 rings (SSSR count). The van der Waals surface area contributed by atoms with E-state index in [0.717, 1.165) is 25.2 Å². The van der Waals surface area contributed by atoms with Crippen LogP contribution < -0.4 is 4.90 Å². The van der Waals surface area contributed by atoms with Gasteiger partial charge in [-0.15, -0.1) is 0 Å². The van der Waals surface area contributed by atoms with Gasteiger partial charge >= 0.3 is 0 Å². The van der Waals surface area contributed by atoms with Crippen LogP contribution in [0.4, 0.5) is 5.69 Å². The van der Waals surface area contributed by atoms with E-state index in [-0.39, 0.29) is 11.9 Å². The number of carbonyl (C=O) groups excluding carboxylic acids is 1. The molecule has 0 unspecified atom stereocenters. The van der Waals surface area contributed by atoms with Crippen LogP contribution >= 0.6 is 0 Å². The highest BCUT2D eigenvalue weighted by Gasteiger charge is 2.23. The van der Waals surface area contributed by atoms with Crippen LogP contribution in [-0.4, -0.2) is 29.9 Å². The lowest BCUT2D eigenvalue weighted by molar-refractivity contribution is -0.120. The first-order chi connectivity index (χ1) is 11.1. The van der Waals surface area contributed by atoms with E-state index in [1.807, 2.05) is 35.2 Å². The van der Waals surface area contributed by atoms with Gasteiger partial charge in [0.1, 0.15) is 0 Å². The second kappa shape index (κ2) is 6.97. The van der Waals surface area contributed by atoms with E-state index < -0.39 is 0 Å². The minimum Gasteiger partial charge on any atom is -0.309 e. The number of hydrogen-bond acceptors (Lipinski definition) is 2. The van der Waals surface area contributed by atoms with Gasteiger partial charge in [-0.1, -0.05) is 42.5 Å². The number of fused-ring (bicyclic) bond motifs is 1. The minimum absolute atomic E-state index is 0.155. The maximum atomic E-state index is 12.8. The van der Waals surface area contributed by atoms with E-state index in [0.29, 0.717) is 6.54 Å². The van der Waals surface area contributed by atoms with Crippen LogP contribution in [-0.2, 0) is 17.8 Å². The van der Waals surface area contributed by atoms with Crippen molar-refractivity contribution < 1.29 is 4.79 Å². The van der Waals surface area contributed by atoms with Crippen LogP contribution in [0.15, 0.2) is 54.6 Å². The Morgan fingerprint density at radius 1 is 1.04 bits per heavy atom. The van der Waals surface area contributed by atoms with Crippen molar-refractivity contribution in [3.05, 3.63) is 65.7 Å². The molecule has 3 nitrogen and oxygen atoms in total. The quantitative estimate of drug-likeness (QED) is 0.863. The summed E-state index contributed by atoms with van der Waals surface area (Å²) in [5, 5.41) is 0. The molecule has 0 N–H and O–H groups in total. The Kier molecular flexibility index (Phi) is 4.77. The molecule has 0 aromatic heterocycles. The number of anilines is 1. The van der Waals surface area contributed by atoms with E-state index in [4.69, 9.17) is 0 Å². The zero-order valence-electron chi connectivity index (χ0n) is 13.9. The fraction of sp³-hybridized carbons (Fsp3) is 0.350. The monoisotopic (exact) mass is 308 g/mol. The Hall–Kier alpha value is -2.13. The predicted octanol–water partition coefficient (Wildman–Crippen LogP) is 3.49. The third-order valence-electron chi connectivity index (χ3n) is 4.39. The summed E-state index contributed by atoms with van der Waals surface area (Å²) in [7, 11) is 0. The SMILES string of the molecule is CC(C)N(C(=O)CN1CCc2ccccc2C1)c1ccccc1. The lowest BCUT2D eigenvalue weighted by Crippen LogP contribution is -2.45. The molecule has 23 heavy (non-hydrogen) atoms. The minimum atomic E-state index is 0.155. The molecule has 0 fully saturated rings. The van der Waals surface area contributed by atoms with Crippen molar-refractivity contribution in [2.24, 2.45) is 0 Å². The first-order valence-electron chi connectivity index (χ1n) is 8.31. The average Bonchev–Trinajstić information content (AvgIpc) is 2.55. The van der Waals surface area contributed by atoms with Crippen LogP contribution in [0.5, 0.6) is 0 Å². The van der Waals surface area contributed by atoms with Crippen molar-refractivity contribution in [1.29, 1.82) is 0 Å². The third kappa shape index (κ3) is 3.62. The first-order valence-corrected chi connectivity index (χ1v) is 8.31. The molecule has 0 radical (unpaired) electrons. The summed E-state index contributed by atoms with van der Waals surface area (Å²) in [5.41, 5.74) is 3.74. The molecule has 0 aliphatic carbocycles. The fourth-order valence-electron chi connectivity index (χ4n) is 3.28. The van der Waals surface area contributed by atoms with Crippen molar-refractivity contribution in [3.8, 4) is 0 Å².